The number of hydrogen-bond donors (Lipinski definition) is 1. The Balaban J connectivity index is 2.07. The minimum Gasteiger partial charge on any atom is -0.347 e. The Hall–Kier alpha value is -1.95. The Kier molecular flexibility index (Phi) is 3.34. The fourth-order valence-corrected chi connectivity index (χ4v) is 1.41. The molecule has 1 amide bonds. The topological polar surface area (TPSA) is 74.8 Å². The van der Waals surface area contributed by atoms with E-state index in [0.717, 1.165) is 0 Å². The number of amides is 1. The summed E-state index contributed by atoms with van der Waals surface area (Å²) in [5.41, 5.74) is 0.253. The maximum Gasteiger partial charge on any atom is 0.274 e. The van der Waals surface area contributed by atoms with Crippen molar-refractivity contribution in [1.82, 2.24) is 25.1 Å². The van der Waals surface area contributed by atoms with Gasteiger partial charge in [0.25, 0.3) is 5.91 Å². The Labute approximate surface area is 103 Å². The van der Waals surface area contributed by atoms with E-state index in [4.69, 9.17) is 11.6 Å². The van der Waals surface area contributed by atoms with Crippen LogP contribution >= 0.6 is 11.6 Å². The molecule has 17 heavy (non-hydrogen) atoms. The van der Waals surface area contributed by atoms with E-state index >= 15 is 0 Å². The molecule has 0 bridgehead atoms. The van der Waals surface area contributed by atoms with Gasteiger partial charge in [-0.05, 0) is 12.1 Å². The first-order valence-electron chi connectivity index (χ1n) is 4.90. The zero-order chi connectivity index (χ0) is 12.3. The van der Waals surface area contributed by atoms with E-state index < -0.39 is 0 Å². The number of aromatic nitrogens is 4. The molecule has 6 nitrogen and oxygen atoms in total. The number of rotatable bonds is 3. The second-order valence-electron chi connectivity index (χ2n) is 3.44. The van der Waals surface area contributed by atoms with Crippen LogP contribution in [-0.4, -0.2) is 38.0 Å². The standard InChI is InChI=1S/C10H10ClN5O/c1-16(6-9-12-4-5-13-9)10(17)7-2-3-8(11)15-14-7/h2-5H,6H2,1H3,(H,12,13). The first kappa shape index (κ1) is 11.5. The van der Waals surface area contributed by atoms with Crippen LogP contribution in [0.3, 0.4) is 0 Å². The normalized spacial score (nSPS) is 10.2. The van der Waals surface area contributed by atoms with Gasteiger partial charge in [-0.25, -0.2) is 4.98 Å². The molecular weight excluding hydrogens is 242 g/mol. The summed E-state index contributed by atoms with van der Waals surface area (Å²) < 4.78 is 0. The molecule has 0 aliphatic carbocycles. The third kappa shape index (κ3) is 2.79. The summed E-state index contributed by atoms with van der Waals surface area (Å²) in [5.74, 6) is 0.480. The minimum absolute atomic E-state index is 0.231. The van der Waals surface area contributed by atoms with Crippen molar-refractivity contribution in [3.8, 4) is 0 Å². The summed E-state index contributed by atoms with van der Waals surface area (Å²) >= 11 is 5.60. The van der Waals surface area contributed by atoms with Crippen molar-refractivity contribution in [3.63, 3.8) is 0 Å². The average molecular weight is 252 g/mol. The van der Waals surface area contributed by atoms with Crippen LogP contribution in [0.5, 0.6) is 0 Å². The molecule has 0 spiro atoms. The third-order valence-electron chi connectivity index (χ3n) is 2.14. The van der Waals surface area contributed by atoms with Gasteiger partial charge in [0.2, 0.25) is 0 Å². The first-order valence-corrected chi connectivity index (χ1v) is 5.27. The highest BCUT2D eigenvalue weighted by Gasteiger charge is 2.14. The number of hydrogen-bond acceptors (Lipinski definition) is 4. The maximum absolute atomic E-state index is 11.9. The largest absolute Gasteiger partial charge is 0.347 e. The summed E-state index contributed by atoms with van der Waals surface area (Å²) in [7, 11) is 1.67. The van der Waals surface area contributed by atoms with Crippen LogP contribution in [0.15, 0.2) is 24.5 Å². The molecule has 0 atom stereocenters. The van der Waals surface area contributed by atoms with Gasteiger partial charge in [0.15, 0.2) is 10.8 Å². The third-order valence-corrected chi connectivity index (χ3v) is 2.34. The van der Waals surface area contributed by atoms with Gasteiger partial charge in [-0.2, -0.15) is 0 Å². The van der Waals surface area contributed by atoms with E-state index in [1.807, 2.05) is 0 Å². The van der Waals surface area contributed by atoms with Gasteiger partial charge in [-0.15, -0.1) is 10.2 Å². The number of H-pyrrole nitrogens is 1. The second kappa shape index (κ2) is 4.92. The van der Waals surface area contributed by atoms with Gasteiger partial charge in [-0.1, -0.05) is 11.6 Å². The molecular formula is C10H10ClN5O. The summed E-state index contributed by atoms with van der Waals surface area (Å²) in [4.78, 5) is 20.4. The molecule has 88 valence electrons. The van der Waals surface area contributed by atoms with Gasteiger partial charge in [0.1, 0.15) is 5.82 Å². The zero-order valence-corrected chi connectivity index (χ0v) is 9.85. The highest BCUT2D eigenvalue weighted by molar-refractivity contribution is 6.29. The minimum atomic E-state index is -0.231. The lowest BCUT2D eigenvalue weighted by Crippen LogP contribution is -2.27. The molecule has 0 aliphatic heterocycles. The van der Waals surface area contributed by atoms with Gasteiger partial charge in [0.05, 0.1) is 6.54 Å². The second-order valence-corrected chi connectivity index (χ2v) is 3.83. The van der Waals surface area contributed by atoms with E-state index in [-0.39, 0.29) is 16.8 Å². The molecule has 7 heteroatoms. The van der Waals surface area contributed by atoms with Crippen molar-refractivity contribution in [2.75, 3.05) is 7.05 Å². The fraction of sp³-hybridized carbons (Fsp3) is 0.200. The molecule has 0 fully saturated rings. The van der Waals surface area contributed by atoms with Crippen LogP contribution < -0.4 is 0 Å². The monoisotopic (exact) mass is 251 g/mol. The highest BCUT2D eigenvalue weighted by atomic mass is 35.5. The number of imidazole rings is 1. The van der Waals surface area contributed by atoms with Crippen LogP contribution in [0.4, 0.5) is 0 Å². The van der Waals surface area contributed by atoms with E-state index in [1.54, 1.807) is 19.4 Å². The van der Waals surface area contributed by atoms with Crippen molar-refractivity contribution in [2.24, 2.45) is 0 Å². The summed E-state index contributed by atoms with van der Waals surface area (Å²) in [6.45, 7) is 0.385. The van der Waals surface area contributed by atoms with E-state index in [1.165, 1.54) is 17.0 Å². The molecule has 1 N–H and O–H groups in total. The first-order chi connectivity index (χ1) is 8.16. The van der Waals surface area contributed by atoms with Gasteiger partial charge < -0.3 is 9.88 Å². The molecule has 0 aromatic carbocycles. The van der Waals surface area contributed by atoms with Crippen molar-refractivity contribution in [2.45, 2.75) is 6.54 Å². The molecule has 0 aliphatic rings. The molecule has 2 aromatic rings. The summed E-state index contributed by atoms with van der Waals surface area (Å²) in [6, 6.07) is 3.07. The Morgan fingerprint density at radius 2 is 2.29 bits per heavy atom. The Morgan fingerprint density at radius 1 is 1.47 bits per heavy atom. The maximum atomic E-state index is 11.9. The molecule has 0 unspecified atom stereocenters. The van der Waals surface area contributed by atoms with Crippen molar-refractivity contribution >= 4 is 17.5 Å². The molecule has 2 rings (SSSR count). The van der Waals surface area contributed by atoms with E-state index in [0.29, 0.717) is 12.4 Å². The van der Waals surface area contributed by atoms with Crippen LogP contribution in [0.1, 0.15) is 16.3 Å². The number of halogens is 1. The summed E-state index contributed by atoms with van der Waals surface area (Å²) in [5, 5.41) is 7.61. The van der Waals surface area contributed by atoms with Crippen LogP contribution in [0, 0.1) is 0 Å². The number of nitrogens with zero attached hydrogens (tertiary/aromatic N) is 4. The molecule has 0 saturated carbocycles. The van der Waals surface area contributed by atoms with E-state index in [9.17, 15) is 4.79 Å². The van der Waals surface area contributed by atoms with Crippen LogP contribution in [0.2, 0.25) is 5.15 Å². The number of aromatic amines is 1. The smallest absolute Gasteiger partial charge is 0.274 e. The predicted octanol–water partition coefficient (Wildman–Crippen LogP) is 1.13. The van der Waals surface area contributed by atoms with Crippen LogP contribution in [0.25, 0.3) is 0 Å². The molecule has 0 saturated heterocycles. The van der Waals surface area contributed by atoms with Gasteiger partial charge in [0, 0.05) is 19.4 Å². The SMILES string of the molecule is CN(Cc1ncc[nH]1)C(=O)c1ccc(Cl)nn1. The van der Waals surface area contributed by atoms with Crippen molar-refractivity contribution in [1.29, 1.82) is 0 Å². The van der Waals surface area contributed by atoms with Gasteiger partial charge in [-0.3, -0.25) is 4.79 Å². The average Bonchev–Trinajstić information content (AvgIpc) is 2.82. The van der Waals surface area contributed by atoms with Crippen LogP contribution in [-0.2, 0) is 6.54 Å². The lowest BCUT2D eigenvalue weighted by Gasteiger charge is -2.14. The number of carbonyl (C=O) groups excluding carboxylic acids is 1. The molecule has 0 radical (unpaired) electrons. The quantitative estimate of drug-likeness (QED) is 0.887. The lowest BCUT2D eigenvalue weighted by atomic mass is 10.3. The Bertz CT molecular complexity index is 496. The lowest BCUT2D eigenvalue weighted by molar-refractivity contribution is 0.0775. The van der Waals surface area contributed by atoms with E-state index in [2.05, 4.69) is 20.2 Å². The van der Waals surface area contributed by atoms with Gasteiger partial charge >= 0.3 is 0 Å². The highest BCUT2D eigenvalue weighted by Crippen LogP contribution is 2.06. The predicted molar refractivity (Wildman–Crippen MR) is 61.4 cm³/mol. The summed E-state index contributed by atoms with van der Waals surface area (Å²) in [6.07, 6.45) is 3.34. The zero-order valence-electron chi connectivity index (χ0n) is 9.09. The fourth-order valence-electron chi connectivity index (χ4n) is 1.31. The van der Waals surface area contributed by atoms with Crippen molar-refractivity contribution < 1.29 is 4.79 Å². The Morgan fingerprint density at radius 3 is 2.88 bits per heavy atom. The number of carbonyl (C=O) groups is 1. The molecule has 2 aromatic heterocycles. The number of nitrogens with one attached hydrogen (secondary N) is 1. The molecule has 2 heterocycles. The van der Waals surface area contributed by atoms with Crippen molar-refractivity contribution in [3.05, 3.63) is 41.2 Å².